The van der Waals surface area contributed by atoms with Crippen LogP contribution in [0.2, 0.25) is 6.04 Å². The number of hydrogen-bond donors (Lipinski definition) is 8. The maximum Gasteiger partial charge on any atom is 0.492 e. The number of nitrogens with two attached hydrogens (primary N) is 2. The molecule has 0 aromatic carbocycles. The lowest BCUT2D eigenvalue weighted by Gasteiger charge is -2.17. The van der Waals surface area contributed by atoms with Gasteiger partial charge in [0.2, 0.25) is 0 Å². The summed E-state index contributed by atoms with van der Waals surface area (Å²) in [5, 5.41) is 21.5. The monoisotopic (exact) mass is 368 g/mol. The first-order valence-electron chi connectivity index (χ1n) is 7.56. The van der Waals surface area contributed by atoms with E-state index in [1.807, 2.05) is 0 Å². The van der Waals surface area contributed by atoms with Crippen LogP contribution in [0.4, 0.5) is 0 Å². The van der Waals surface area contributed by atoms with E-state index in [9.17, 15) is 9.90 Å². The van der Waals surface area contributed by atoms with Crippen LogP contribution in [0, 0.1) is 0 Å². The molecule has 0 amide bonds. The van der Waals surface area contributed by atoms with Crippen LogP contribution in [0.1, 0.15) is 19.3 Å². The van der Waals surface area contributed by atoms with Crippen LogP contribution in [-0.2, 0) is 9.53 Å². The number of aliphatic hydroxyl groups is 1. The number of nitrogens with one attached hydrogen (secondary N) is 1. The maximum absolute atomic E-state index is 11.1. The van der Waals surface area contributed by atoms with Crippen molar-refractivity contribution in [3.63, 3.8) is 0 Å². The summed E-state index contributed by atoms with van der Waals surface area (Å²) < 4.78 is 5.11. The Hall–Kier alpha value is -1.28. The fourth-order valence-electron chi connectivity index (χ4n) is 1.78. The Labute approximate surface area is 141 Å². The highest BCUT2D eigenvalue weighted by molar-refractivity contribution is 6.56. The van der Waals surface area contributed by atoms with Gasteiger partial charge in [0, 0.05) is 25.7 Å². The van der Waals surface area contributed by atoms with Crippen molar-refractivity contribution in [2.45, 2.75) is 37.5 Å². The van der Waals surface area contributed by atoms with E-state index in [0.29, 0.717) is 19.4 Å². The highest BCUT2D eigenvalue weighted by Crippen LogP contribution is 2.02. The zero-order valence-electron chi connectivity index (χ0n) is 13.5. The molecule has 1 unspecified atom stereocenters. The van der Waals surface area contributed by atoms with Gasteiger partial charge in [0.15, 0.2) is 5.96 Å². The molecule has 0 aliphatic heterocycles. The zero-order chi connectivity index (χ0) is 18.6. The van der Waals surface area contributed by atoms with Gasteiger partial charge in [-0.2, -0.15) is 0 Å². The molecule has 24 heavy (non-hydrogen) atoms. The molecular formula is C12H28N4O7Si. The first-order valence-corrected chi connectivity index (χ1v) is 9.61. The van der Waals surface area contributed by atoms with Crippen molar-refractivity contribution < 1.29 is 34.1 Å². The van der Waals surface area contributed by atoms with Gasteiger partial charge >= 0.3 is 14.8 Å². The second-order valence-corrected chi connectivity index (χ2v) is 7.40. The van der Waals surface area contributed by atoms with Crippen molar-refractivity contribution in [1.82, 2.24) is 5.32 Å². The highest BCUT2D eigenvalue weighted by atomic mass is 28.4. The van der Waals surface area contributed by atoms with Gasteiger partial charge in [-0.05, 0) is 19.3 Å². The SMILES string of the molecule is NC(N)=NCCC[C@H](NCC(O)COCCC[Si](O)(O)O)C(=O)O. The predicted molar refractivity (Wildman–Crippen MR) is 88.0 cm³/mol. The number of guanidine groups is 1. The number of aliphatic carboxylic acids is 1. The lowest BCUT2D eigenvalue weighted by atomic mass is 10.1. The summed E-state index contributed by atoms with van der Waals surface area (Å²) >= 11 is 0. The number of rotatable bonds is 14. The second kappa shape index (κ2) is 12.1. The van der Waals surface area contributed by atoms with E-state index in [1.165, 1.54) is 0 Å². The van der Waals surface area contributed by atoms with E-state index in [0.717, 1.165) is 0 Å². The van der Waals surface area contributed by atoms with Crippen LogP contribution in [0.3, 0.4) is 0 Å². The van der Waals surface area contributed by atoms with Crippen LogP contribution in [0.15, 0.2) is 4.99 Å². The standard InChI is InChI=1S/C12H28N4O7Si/c13-12(14)15-4-1-3-10(11(18)19)16-7-9(17)8-23-5-2-6-24(20,21)22/h9-10,16-17,20-22H,1-8H2,(H,18,19)(H4,13,14,15)/t9?,10-/m0/s1. The van der Waals surface area contributed by atoms with Crippen molar-refractivity contribution in [1.29, 1.82) is 0 Å². The quantitative estimate of drug-likeness (QED) is 0.0666. The number of carboxylic acids is 1. The molecule has 11 nitrogen and oxygen atoms in total. The van der Waals surface area contributed by atoms with Gasteiger partial charge in [-0.1, -0.05) is 0 Å². The summed E-state index contributed by atoms with van der Waals surface area (Å²) in [4.78, 5) is 41.3. The van der Waals surface area contributed by atoms with Gasteiger partial charge in [0.05, 0.1) is 12.7 Å². The molecule has 0 aliphatic carbocycles. The Morgan fingerprint density at radius 3 is 2.46 bits per heavy atom. The number of carboxylic acid groups (broad SMARTS) is 1. The molecule has 0 saturated heterocycles. The molecule has 142 valence electrons. The van der Waals surface area contributed by atoms with Crippen molar-refractivity contribution in [2.24, 2.45) is 16.5 Å². The molecule has 0 bridgehead atoms. The number of aliphatic imine (C=N–C) groups is 1. The molecule has 10 N–H and O–H groups in total. The summed E-state index contributed by atoms with van der Waals surface area (Å²) in [6.07, 6.45) is 0.113. The van der Waals surface area contributed by atoms with Crippen molar-refractivity contribution >= 4 is 20.7 Å². The van der Waals surface area contributed by atoms with E-state index in [4.69, 9.17) is 35.7 Å². The average Bonchev–Trinajstić information content (AvgIpc) is 2.44. The third kappa shape index (κ3) is 14.3. The van der Waals surface area contributed by atoms with E-state index >= 15 is 0 Å². The minimum atomic E-state index is -4.05. The molecule has 0 aliphatic rings. The molecule has 2 atom stereocenters. The van der Waals surface area contributed by atoms with Crippen LogP contribution < -0.4 is 16.8 Å². The topological polar surface area (TPSA) is 204 Å². The normalized spacial score (nSPS) is 14.2. The molecule has 0 aromatic heterocycles. The lowest BCUT2D eigenvalue weighted by molar-refractivity contribution is -0.139. The van der Waals surface area contributed by atoms with Gasteiger partial charge < -0.3 is 46.1 Å². The minimum Gasteiger partial charge on any atom is -0.480 e. The number of aliphatic hydroxyl groups excluding tert-OH is 1. The van der Waals surface area contributed by atoms with Gasteiger partial charge in [0.1, 0.15) is 6.04 Å². The lowest BCUT2D eigenvalue weighted by Crippen LogP contribution is -2.42. The Kier molecular flexibility index (Phi) is 11.5. The predicted octanol–water partition coefficient (Wildman–Crippen LogP) is -3.23. The van der Waals surface area contributed by atoms with E-state index < -0.39 is 26.9 Å². The van der Waals surface area contributed by atoms with E-state index in [1.54, 1.807) is 0 Å². The summed E-state index contributed by atoms with van der Waals surface area (Å²) in [6, 6.07) is -0.975. The number of hydrogen-bond acceptors (Lipinski definition) is 8. The molecule has 0 heterocycles. The zero-order valence-corrected chi connectivity index (χ0v) is 14.5. The molecular weight excluding hydrogens is 340 g/mol. The van der Waals surface area contributed by atoms with Crippen LogP contribution in [0.5, 0.6) is 0 Å². The highest BCUT2D eigenvalue weighted by Gasteiger charge is 2.25. The Balaban J connectivity index is 3.87. The Morgan fingerprint density at radius 1 is 1.25 bits per heavy atom. The minimum absolute atomic E-state index is 0.0257. The molecule has 0 saturated carbocycles. The first-order chi connectivity index (χ1) is 11.1. The van der Waals surface area contributed by atoms with Gasteiger partial charge in [0.25, 0.3) is 0 Å². The van der Waals surface area contributed by atoms with Crippen LogP contribution in [-0.4, -0.2) is 83.8 Å². The first kappa shape index (κ1) is 22.7. The summed E-state index contributed by atoms with van der Waals surface area (Å²) in [6.45, 7) is 0.460. The van der Waals surface area contributed by atoms with Crippen LogP contribution >= 0.6 is 0 Å². The van der Waals surface area contributed by atoms with Crippen molar-refractivity contribution in [3.05, 3.63) is 0 Å². The summed E-state index contributed by atoms with van der Waals surface area (Å²) in [5.74, 6) is -1.09. The largest absolute Gasteiger partial charge is 0.492 e. The number of carbonyl (C=O) groups is 1. The van der Waals surface area contributed by atoms with Gasteiger partial charge in [-0.15, -0.1) is 0 Å². The molecule has 0 spiro atoms. The molecule has 0 aromatic rings. The molecule has 0 fully saturated rings. The van der Waals surface area contributed by atoms with Crippen molar-refractivity contribution in [3.8, 4) is 0 Å². The maximum atomic E-state index is 11.1. The number of ether oxygens (including phenoxy) is 1. The summed E-state index contributed by atoms with van der Waals surface area (Å²) in [5.41, 5.74) is 10.3. The smallest absolute Gasteiger partial charge is 0.480 e. The Bertz CT molecular complexity index is 388. The second-order valence-electron chi connectivity index (χ2n) is 5.35. The number of nitrogens with zero attached hydrogens (tertiary/aromatic N) is 1. The van der Waals surface area contributed by atoms with E-state index in [-0.39, 0.29) is 38.2 Å². The third-order valence-electron chi connectivity index (χ3n) is 2.95. The Morgan fingerprint density at radius 2 is 1.92 bits per heavy atom. The molecule has 0 radical (unpaired) electrons. The van der Waals surface area contributed by atoms with E-state index in [2.05, 4.69) is 10.3 Å². The fourth-order valence-corrected chi connectivity index (χ4v) is 2.40. The third-order valence-corrected chi connectivity index (χ3v) is 3.98. The van der Waals surface area contributed by atoms with Crippen LogP contribution in [0.25, 0.3) is 0 Å². The molecule has 12 heteroatoms. The van der Waals surface area contributed by atoms with Gasteiger partial charge in [-0.25, -0.2) is 0 Å². The molecule has 0 rings (SSSR count). The van der Waals surface area contributed by atoms with Crippen molar-refractivity contribution in [2.75, 3.05) is 26.3 Å². The summed E-state index contributed by atoms with van der Waals surface area (Å²) in [7, 11) is -4.05. The van der Waals surface area contributed by atoms with Gasteiger partial charge in [-0.3, -0.25) is 9.79 Å². The fraction of sp³-hybridized carbons (Fsp3) is 0.833. The average molecular weight is 368 g/mol.